The summed E-state index contributed by atoms with van der Waals surface area (Å²) in [5.41, 5.74) is -0.978. The van der Waals surface area contributed by atoms with Crippen molar-refractivity contribution in [3.63, 3.8) is 0 Å². The molecule has 0 radical (unpaired) electrons. The van der Waals surface area contributed by atoms with Gasteiger partial charge in [-0.15, -0.1) is 0 Å². The van der Waals surface area contributed by atoms with E-state index in [2.05, 4.69) is 0 Å². The Labute approximate surface area is 134 Å². The summed E-state index contributed by atoms with van der Waals surface area (Å²) in [5.74, 6) is -1.17. The van der Waals surface area contributed by atoms with Crippen LogP contribution in [-0.4, -0.2) is 14.9 Å². The quantitative estimate of drug-likeness (QED) is 0.299. The van der Waals surface area contributed by atoms with Crippen LogP contribution in [0.2, 0.25) is 0 Å². The van der Waals surface area contributed by atoms with Crippen molar-refractivity contribution in [1.29, 1.82) is 0 Å². The van der Waals surface area contributed by atoms with Crippen LogP contribution >= 0.6 is 12.2 Å². The van der Waals surface area contributed by atoms with E-state index < -0.39 is 17.2 Å². The zero-order valence-corrected chi connectivity index (χ0v) is 13.0. The normalized spacial score (nSPS) is 9.53. The number of Topliss-reactive ketones (excluding diaryl/α,β-unsaturated/α-hetero) is 1. The SMILES string of the molecule is CC(=O)c1c([O-])n(C)c(=S)n(C)c1=O.[K+]. The minimum absolute atomic E-state index is 0. The summed E-state index contributed by atoms with van der Waals surface area (Å²) in [6, 6.07) is 0. The van der Waals surface area contributed by atoms with E-state index in [1.54, 1.807) is 0 Å². The first-order valence-electron chi connectivity index (χ1n) is 3.86. The van der Waals surface area contributed by atoms with Crippen molar-refractivity contribution in [3.05, 3.63) is 20.7 Å². The molecule has 0 aliphatic carbocycles. The van der Waals surface area contributed by atoms with Crippen LogP contribution in [0.1, 0.15) is 17.3 Å². The minimum atomic E-state index is -0.634. The van der Waals surface area contributed by atoms with Gasteiger partial charge in [-0.05, 0) is 25.0 Å². The van der Waals surface area contributed by atoms with E-state index in [4.69, 9.17) is 12.2 Å². The number of hydrogen-bond donors (Lipinski definition) is 0. The van der Waals surface area contributed by atoms with Crippen LogP contribution in [0.25, 0.3) is 0 Å². The molecule has 0 saturated carbocycles. The first kappa shape index (κ1) is 15.2. The molecule has 0 aromatic carbocycles. The topological polar surface area (TPSA) is 67.1 Å². The average molecular weight is 252 g/mol. The van der Waals surface area contributed by atoms with Gasteiger partial charge in [0, 0.05) is 14.1 Å². The number of aromatic nitrogens is 2. The largest absolute Gasteiger partial charge is 1.00 e. The molecule has 1 heterocycles. The van der Waals surface area contributed by atoms with Crippen molar-refractivity contribution >= 4 is 18.0 Å². The molecule has 0 N–H and O–H groups in total. The molecule has 1 aromatic rings. The number of rotatable bonds is 1. The first-order chi connectivity index (χ1) is 6.37. The van der Waals surface area contributed by atoms with Gasteiger partial charge in [-0.3, -0.25) is 14.2 Å². The molecular formula is C8H9KN2O3S. The smallest absolute Gasteiger partial charge is 0.859 e. The van der Waals surface area contributed by atoms with E-state index in [0.29, 0.717) is 0 Å². The molecule has 0 amide bonds. The Morgan fingerprint density at radius 3 is 2.20 bits per heavy atom. The number of ketones is 1. The second-order valence-electron chi connectivity index (χ2n) is 2.94. The second kappa shape index (κ2) is 5.51. The van der Waals surface area contributed by atoms with E-state index in [0.717, 1.165) is 9.13 Å². The molecule has 0 saturated heterocycles. The summed E-state index contributed by atoms with van der Waals surface area (Å²) < 4.78 is 2.31. The van der Waals surface area contributed by atoms with Gasteiger partial charge in [0.15, 0.2) is 10.6 Å². The predicted molar refractivity (Wildman–Crippen MR) is 50.9 cm³/mol. The van der Waals surface area contributed by atoms with Crippen LogP contribution in [0, 0.1) is 4.77 Å². The van der Waals surface area contributed by atoms with Crippen LogP contribution in [-0.2, 0) is 14.1 Å². The maximum atomic E-state index is 11.5. The summed E-state index contributed by atoms with van der Waals surface area (Å²) >= 11 is 4.83. The van der Waals surface area contributed by atoms with E-state index >= 15 is 0 Å². The van der Waals surface area contributed by atoms with Crippen LogP contribution in [0.4, 0.5) is 0 Å². The van der Waals surface area contributed by atoms with Gasteiger partial charge >= 0.3 is 51.4 Å². The minimum Gasteiger partial charge on any atom is -0.859 e. The van der Waals surface area contributed by atoms with Crippen LogP contribution < -0.4 is 62.1 Å². The Hall–Kier alpha value is 0.206. The molecular weight excluding hydrogens is 243 g/mol. The molecule has 0 aliphatic rings. The second-order valence-corrected chi connectivity index (χ2v) is 3.31. The summed E-state index contributed by atoms with van der Waals surface area (Å²) in [7, 11) is 2.85. The fourth-order valence-electron chi connectivity index (χ4n) is 1.13. The summed E-state index contributed by atoms with van der Waals surface area (Å²) in [5, 5.41) is 11.5. The molecule has 0 unspecified atom stereocenters. The maximum Gasteiger partial charge on any atom is 1.00 e. The molecule has 76 valence electrons. The van der Waals surface area contributed by atoms with E-state index in [1.165, 1.54) is 21.0 Å². The molecule has 0 atom stereocenters. The fraction of sp³-hybridized carbons (Fsp3) is 0.375. The molecule has 7 heteroatoms. The van der Waals surface area contributed by atoms with E-state index in [9.17, 15) is 14.7 Å². The standard InChI is InChI=1S/C8H10N2O3S.K/c1-4(11)5-6(12)9(2)8(14)10(3)7(5)13;/h12H,1-3H3;/q;+1/p-1. The molecule has 1 aromatic heterocycles. The Balaban J connectivity index is 0.00000196. The summed E-state index contributed by atoms with van der Waals surface area (Å²) in [6.07, 6.45) is 0. The Morgan fingerprint density at radius 2 is 1.80 bits per heavy atom. The molecule has 1 rings (SSSR count). The summed E-state index contributed by atoms with van der Waals surface area (Å²) in [4.78, 5) is 22.5. The van der Waals surface area contributed by atoms with Gasteiger partial charge in [-0.1, -0.05) is 0 Å². The Kier molecular flexibility index (Phi) is 5.59. The van der Waals surface area contributed by atoms with Crippen molar-refractivity contribution < 1.29 is 61.3 Å². The van der Waals surface area contributed by atoms with Gasteiger partial charge < -0.3 is 9.67 Å². The molecule has 5 nitrogen and oxygen atoms in total. The number of hydrogen-bond acceptors (Lipinski definition) is 4. The average Bonchev–Trinajstić information content (AvgIpc) is 2.11. The number of nitrogens with zero attached hydrogens (tertiary/aromatic N) is 2. The van der Waals surface area contributed by atoms with Gasteiger partial charge in [-0.2, -0.15) is 0 Å². The molecule has 0 spiro atoms. The van der Waals surface area contributed by atoms with Gasteiger partial charge in [-0.25, -0.2) is 0 Å². The van der Waals surface area contributed by atoms with Crippen molar-refractivity contribution in [1.82, 2.24) is 9.13 Å². The van der Waals surface area contributed by atoms with Gasteiger partial charge in [0.25, 0.3) is 5.56 Å². The van der Waals surface area contributed by atoms with E-state index in [-0.39, 0.29) is 61.7 Å². The van der Waals surface area contributed by atoms with Crippen LogP contribution in [0.3, 0.4) is 0 Å². The molecule has 0 fully saturated rings. The Morgan fingerprint density at radius 1 is 1.33 bits per heavy atom. The van der Waals surface area contributed by atoms with Crippen LogP contribution in [0.5, 0.6) is 5.88 Å². The van der Waals surface area contributed by atoms with Crippen molar-refractivity contribution in [2.24, 2.45) is 14.1 Å². The van der Waals surface area contributed by atoms with E-state index in [1.807, 2.05) is 0 Å². The zero-order chi connectivity index (χ0) is 11.0. The number of carbonyl (C=O) groups excluding carboxylic acids is 1. The molecule has 0 bridgehead atoms. The third-order valence-electron chi connectivity index (χ3n) is 1.96. The van der Waals surface area contributed by atoms with Crippen molar-refractivity contribution in [2.45, 2.75) is 6.92 Å². The fourth-order valence-corrected chi connectivity index (χ4v) is 1.29. The maximum absolute atomic E-state index is 11.5. The Bertz CT molecular complexity index is 518. The zero-order valence-electron chi connectivity index (χ0n) is 9.03. The monoisotopic (exact) mass is 252 g/mol. The predicted octanol–water partition coefficient (Wildman–Crippen LogP) is -3.27. The third kappa shape index (κ3) is 2.66. The van der Waals surface area contributed by atoms with Crippen LogP contribution in [0.15, 0.2) is 4.79 Å². The third-order valence-corrected chi connectivity index (χ3v) is 2.51. The van der Waals surface area contributed by atoms with Crippen molar-refractivity contribution in [2.75, 3.05) is 0 Å². The number of carbonyl (C=O) groups is 1. The van der Waals surface area contributed by atoms with Gasteiger partial charge in [0.2, 0.25) is 0 Å². The molecule has 15 heavy (non-hydrogen) atoms. The molecule has 0 aliphatic heterocycles. The van der Waals surface area contributed by atoms with Crippen molar-refractivity contribution in [3.8, 4) is 5.88 Å². The van der Waals surface area contributed by atoms with Gasteiger partial charge in [0.1, 0.15) is 0 Å². The first-order valence-corrected chi connectivity index (χ1v) is 4.26. The van der Waals surface area contributed by atoms with Gasteiger partial charge in [0.05, 0.1) is 5.56 Å². The summed E-state index contributed by atoms with van der Waals surface area (Å²) in [6.45, 7) is 1.18.